The van der Waals surface area contributed by atoms with E-state index >= 15 is 0 Å². The SMILES string of the molecule is CO[C@H]1O[C@H](CO)[C@@H](O)[C@H](O[C@@H]2O[C@@H](C)[C@@H](O)[C@@H](O)[C@@H]2O)[C@@H]1O. The molecule has 0 bridgehead atoms. The van der Waals surface area contributed by atoms with E-state index in [4.69, 9.17) is 18.9 Å². The normalized spacial score (nSPS) is 51.7. The van der Waals surface area contributed by atoms with Gasteiger partial charge in [0.15, 0.2) is 12.6 Å². The molecule has 2 rings (SSSR count). The average molecular weight is 340 g/mol. The van der Waals surface area contributed by atoms with Crippen molar-refractivity contribution in [3.8, 4) is 0 Å². The number of methoxy groups -OCH3 is 1. The second-order valence-corrected chi connectivity index (χ2v) is 5.72. The van der Waals surface area contributed by atoms with Gasteiger partial charge in [-0.25, -0.2) is 0 Å². The molecule has 10 nitrogen and oxygen atoms in total. The van der Waals surface area contributed by atoms with Crippen LogP contribution in [0, 0.1) is 0 Å². The maximum atomic E-state index is 10.1. The van der Waals surface area contributed by atoms with Crippen molar-refractivity contribution in [3.63, 3.8) is 0 Å². The van der Waals surface area contributed by atoms with Crippen LogP contribution < -0.4 is 0 Å². The summed E-state index contributed by atoms with van der Waals surface area (Å²) < 4.78 is 20.8. The summed E-state index contributed by atoms with van der Waals surface area (Å²) in [6.07, 6.45) is -13.0. The van der Waals surface area contributed by atoms with Crippen molar-refractivity contribution < 1.29 is 49.6 Å². The molecule has 2 fully saturated rings. The van der Waals surface area contributed by atoms with E-state index in [-0.39, 0.29) is 0 Å². The van der Waals surface area contributed by atoms with E-state index < -0.39 is 68.0 Å². The van der Waals surface area contributed by atoms with Crippen molar-refractivity contribution in [1.82, 2.24) is 0 Å². The van der Waals surface area contributed by atoms with Crippen LogP contribution in [-0.4, -0.2) is 106 Å². The monoisotopic (exact) mass is 340 g/mol. The van der Waals surface area contributed by atoms with Crippen LogP contribution in [0.5, 0.6) is 0 Å². The van der Waals surface area contributed by atoms with Gasteiger partial charge in [-0.05, 0) is 6.92 Å². The van der Waals surface area contributed by atoms with Crippen LogP contribution in [0.25, 0.3) is 0 Å². The molecule has 0 amide bonds. The third-order valence-electron chi connectivity index (χ3n) is 4.15. The van der Waals surface area contributed by atoms with E-state index in [0.717, 1.165) is 0 Å². The van der Waals surface area contributed by atoms with E-state index in [1.54, 1.807) is 0 Å². The third-order valence-corrected chi connectivity index (χ3v) is 4.15. The summed E-state index contributed by atoms with van der Waals surface area (Å²) in [6, 6.07) is 0. The maximum absolute atomic E-state index is 10.1. The average Bonchev–Trinajstić information content (AvgIpc) is 2.54. The molecule has 6 N–H and O–H groups in total. The van der Waals surface area contributed by atoms with Gasteiger partial charge in [-0.1, -0.05) is 0 Å². The Balaban J connectivity index is 2.12. The molecule has 136 valence electrons. The fourth-order valence-electron chi connectivity index (χ4n) is 2.69. The Morgan fingerprint density at radius 1 is 0.826 bits per heavy atom. The fraction of sp³-hybridized carbons (Fsp3) is 1.00. The highest BCUT2D eigenvalue weighted by molar-refractivity contribution is 4.93. The molecule has 0 aromatic heterocycles. The van der Waals surface area contributed by atoms with Gasteiger partial charge < -0.3 is 49.6 Å². The zero-order chi connectivity index (χ0) is 17.3. The van der Waals surface area contributed by atoms with Crippen molar-refractivity contribution in [1.29, 1.82) is 0 Å². The van der Waals surface area contributed by atoms with E-state index in [1.165, 1.54) is 14.0 Å². The lowest BCUT2D eigenvalue weighted by molar-refractivity contribution is -0.355. The van der Waals surface area contributed by atoms with Gasteiger partial charge in [0.25, 0.3) is 0 Å². The minimum absolute atomic E-state index is 0.542. The van der Waals surface area contributed by atoms with Gasteiger partial charge in [0.1, 0.15) is 42.7 Å². The molecule has 0 radical (unpaired) electrons. The highest BCUT2D eigenvalue weighted by Gasteiger charge is 2.50. The van der Waals surface area contributed by atoms with Gasteiger partial charge in [0, 0.05) is 7.11 Å². The Hall–Kier alpha value is -0.400. The number of ether oxygens (including phenoxy) is 4. The lowest BCUT2D eigenvalue weighted by Crippen LogP contribution is -2.64. The predicted molar refractivity (Wildman–Crippen MR) is 72.0 cm³/mol. The molecular formula is C13H24O10. The van der Waals surface area contributed by atoms with Gasteiger partial charge in [-0.15, -0.1) is 0 Å². The molecule has 0 unspecified atom stereocenters. The molecule has 0 aliphatic carbocycles. The second kappa shape index (κ2) is 7.66. The summed E-state index contributed by atoms with van der Waals surface area (Å²) in [7, 11) is 1.27. The zero-order valence-electron chi connectivity index (χ0n) is 12.8. The van der Waals surface area contributed by atoms with Crippen LogP contribution in [0.2, 0.25) is 0 Å². The summed E-state index contributed by atoms with van der Waals surface area (Å²) in [5, 5.41) is 58.9. The van der Waals surface area contributed by atoms with Gasteiger partial charge in [-0.3, -0.25) is 0 Å². The minimum Gasteiger partial charge on any atom is -0.394 e. The molecule has 2 saturated heterocycles. The molecule has 0 saturated carbocycles. The fourth-order valence-corrected chi connectivity index (χ4v) is 2.69. The van der Waals surface area contributed by atoms with Gasteiger partial charge >= 0.3 is 0 Å². The van der Waals surface area contributed by atoms with Crippen LogP contribution >= 0.6 is 0 Å². The molecular weight excluding hydrogens is 316 g/mol. The number of hydrogen-bond acceptors (Lipinski definition) is 10. The molecule has 2 heterocycles. The second-order valence-electron chi connectivity index (χ2n) is 5.72. The Morgan fingerprint density at radius 2 is 1.48 bits per heavy atom. The quantitative estimate of drug-likeness (QED) is 0.300. The largest absolute Gasteiger partial charge is 0.394 e. The zero-order valence-corrected chi connectivity index (χ0v) is 12.8. The molecule has 2 aliphatic heterocycles. The third kappa shape index (κ3) is 3.66. The van der Waals surface area contributed by atoms with Crippen LogP contribution in [0.1, 0.15) is 6.92 Å². The number of rotatable bonds is 4. The van der Waals surface area contributed by atoms with Crippen LogP contribution in [0.3, 0.4) is 0 Å². The first-order chi connectivity index (χ1) is 10.8. The first-order valence-electron chi connectivity index (χ1n) is 7.32. The van der Waals surface area contributed by atoms with E-state index in [0.29, 0.717) is 0 Å². The number of hydrogen-bond donors (Lipinski definition) is 6. The van der Waals surface area contributed by atoms with Gasteiger partial charge in [0.05, 0.1) is 12.7 Å². The topological polar surface area (TPSA) is 158 Å². The molecule has 23 heavy (non-hydrogen) atoms. The Morgan fingerprint density at radius 3 is 2.04 bits per heavy atom. The first-order valence-corrected chi connectivity index (χ1v) is 7.32. The molecule has 10 atom stereocenters. The maximum Gasteiger partial charge on any atom is 0.187 e. The Labute approximate surface area is 132 Å². The number of aliphatic hydroxyl groups excluding tert-OH is 6. The summed E-state index contributed by atoms with van der Waals surface area (Å²) in [6.45, 7) is 0.931. The Kier molecular flexibility index (Phi) is 6.30. The predicted octanol–water partition coefficient (Wildman–Crippen LogP) is -3.72. The standard InChI is InChI=1S/C13H24O10/c1-4-6(15)8(17)9(18)13(21-4)23-11-7(16)5(3-14)22-12(20-2)10(11)19/h4-19H,3H2,1-2H3/t4-,5+,6+,7+,8+,9-,10-,11-,12-,13-/m0/s1. The molecule has 0 aromatic rings. The summed E-state index contributed by atoms with van der Waals surface area (Å²) in [5.74, 6) is 0. The van der Waals surface area contributed by atoms with Gasteiger partial charge in [0.2, 0.25) is 0 Å². The van der Waals surface area contributed by atoms with Gasteiger partial charge in [-0.2, -0.15) is 0 Å². The molecule has 10 heteroatoms. The van der Waals surface area contributed by atoms with Crippen molar-refractivity contribution in [2.24, 2.45) is 0 Å². The molecule has 0 aromatic carbocycles. The lowest BCUT2D eigenvalue weighted by Gasteiger charge is -2.45. The van der Waals surface area contributed by atoms with Crippen molar-refractivity contribution in [2.45, 2.75) is 68.3 Å². The smallest absolute Gasteiger partial charge is 0.187 e. The molecule has 2 aliphatic rings. The Bertz CT molecular complexity index is 366. The number of aliphatic hydroxyl groups is 6. The lowest BCUT2D eigenvalue weighted by atomic mass is 9.97. The van der Waals surface area contributed by atoms with Crippen LogP contribution in [0.4, 0.5) is 0 Å². The highest BCUT2D eigenvalue weighted by atomic mass is 16.7. The summed E-state index contributed by atoms with van der Waals surface area (Å²) in [5.41, 5.74) is 0. The van der Waals surface area contributed by atoms with E-state index in [2.05, 4.69) is 0 Å². The van der Waals surface area contributed by atoms with Crippen molar-refractivity contribution in [3.05, 3.63) is 0 Å². The minimum atomic E-state index is -1.59. The first kappa shape index (κ1) is 18.9. The summed E-state index contributed by atoms with van der Waals surface area (Å²) >= 11 is 0. The molecule has 0 spiro atoms. The van der Waals surface area contributed by atoms with Crippen LogP contribution in [-0.2, 0) is 18.9 Å². The summed E-state index contributed by atoms with van der Waals surface area (Å²) in [4.78, 5) is 0. The van der Waals surface area contributed by atoms with E-state index in [1.807, 2.05) is 0 Å². The highest BCUT2D eigenvalue weighted by Crippen LogP contribution is 2.29. The van der Waals surface area contributed by atoms with E-state index in [9.17, 15) is 30.6 Å². The van der Waals surface area contributed by atoms with Crippen molar-refractivity contribution in [2.75, 3.05) is 13.7 Å². The van der Waals surface area contributed by atoms with Crippen LogP contribution in [0.15, 0.2) is 0 Å². The van der Waals surface area contributed by atoms with Crippen molar-refractivity contribution >= 4 is 0 Å².